The first-order valence-corrected chi connectivity index (χ1v) is 7.10. The molecule has 2 aromatic heterocycles. The molecule has 1 amide bonds. The Balaban J connectivity index is 1.80. The van der Waals surface area contributed by atoms with E-state index in [0.717, 1.165) is 17.5 Å². The lowest BCUT2D eigenvalue weighted by molar-refractivity contribution is -0.147. The molecule has 22 heavy (non-hydrogen) atoms. The zero-order valence-electron chi connectivity index (χ0n) is 11.9. The van der Waals surface area contributed by atoms with Crippen LogP contribution in [0.4, 0.5) is 0 Å². The topological polar surface area (TPSA) is 106 Å². The SMILES string of the molecule is O=C(Cn1nc2ccccn2c1=O)NC1(C(=O)O)CCCC1. The highest BCUT2D eigenvalue weighted by Crippen LogP contribution is 2.29. The van der Waals surface area contributed by atoms with Crippen LogP contribution in [-0.4, -0.2) is 36.7 Å². The number of fused-ring (bicyclic) bond motifs is 1. The number of hydrogen-bond acceptors (Lipinski definition) is 4. The van der Waals surface area contributed by atoms with Crippen LogP contribution in [0.5, 0.6) is 0 Å². The van der Waals surface area contributed by atoms with Crippen LogP contribution in [0, 0.1) is 0 Å². The molecular formula is C14H16N4O4. The van der Waals surface area contributed by atoms with Crippen molar-refractivity contribution >= 4 is 17.5 Å². The fourth-order valence-corrected chi connectivity index (χ4v) is 2.88. The van der Waals surface area contributed by atoms with Gasteiger partial charge in [-0.1, -0.05) is 18.9 Å². The number of carbonyl (C=O) groups is 2. The minimum absolute atomic E-state index is 0.296. The van der Waals surface area contributed by atoms with E-state index in [4.69, 9.17) is 0 Å². The quantitative estimate of drug-likeness (QED) is 0.827. The van der Waals surface area contributed by atoms with Gasteiger partial charge < -0.3 is 10.4 Å². The Hall–Kier alpha value is -2.64. The van der Waals surface area contributed by atoms with Crippen LogP contribution < -0.4 is 11.0 Å². The molecule has 0 spiro atoms. The third kappa shape index (κ3) is 2.36. The predicted octanol–water partition coefficient (Wildman–Crippen LogP) is 0.00960. The number of pyridine rings is 1. The molecule has 0 radical (unpaired) electrons. The summed E-state index contributed by atoms with van der Waals surface area (Å²) < 4.78 is 2.37. The molecule has 0 aromatic carbocycles. The summed E-state index contributed by atoms with van der Waals surface area (Å²) in [7, 11) is 0. The van der Waals surface area contributed by atoms with Gasteiger partial charge in [-0.25, -0.2) is 14.3 Å². The van der Waals surface area contributed by atoms with Gasteiger partial charge in [0.1, 0.15) is 12.1 Å². The molecule has 0 unspecified atom stereocenters. The van der Waals surface area contributed by atoms with Crippen LogP contribution in [0.3, 0.4) is 0 Å². The van der Waals surface area contributed by atoms with Crippen molar-refractivity contribution in [1.82, 2.24) is 19.5 Å². The molecule has 0 bridgehead atoms. The maximum Gasteiger partial charge on any atom is 0.350 e. The second-order valence-corrected chi connectivity index (χ2v) is 5.51. The van der Waals surface area contributed by atoms with E-state index in [1.165, 1.54) is 4.40 Å². The van der Waals surface area contributed by atoms with E-state index in [2.05, 4.69) is 10.4 Å². The molecule has 1 aliphatic carbocycles. The summed E-state index contributed by atoms with van der Waals surface area (Å²) in [5, 5.41) is 16.0. The van der Waals surface area contributed by atoms with Crippen LogP contribution >= 0.6 is 0 Å². The highest BCUT2D eigenvalue weighted by molar-refractivity contribution is 5.87. The Morgan fingerprint density at radius 3 is 2.68 bits per heavy atom. The summed E-state index contributed by atoms with van der Waals surface area (Å²) in [6.07, 6.45) is 3.92. The number of aliphatic carboxylic acids is 1. The Bertz CT molecular complexity index is 785. The van der Waals surface area contributed by atoms with Crippen molar-refractivity contribution in [1.29, 1.82) is 0 Å². The number of rotatable bonds is 4. The molecular weight excluding hydrogens is 288 g/mol. The number of carbonyl (C=O) groups excluding carboxylic acids is 1. The Kier molecular flexibility index (Phi) is 3.44. The lowest BCUT2D eigenvalue weighted by Gasteiger charge is -2.25. The van der Waals surface area contributed by atoms with Crippen LogP contribution in [0.2, 0.25) is 0 Å². The maximum absolute atomic E-state index is 12.1. The molecule has 2 N–H and O–H groups in total. The van der Waals surface area contributed by atoms with Gasteiger partial charge in [-0.2, -0.15) is 0 Å². The number of hydrogen-bond donors (Lipinski definition) is 2. The van der Waals surface area contributed by atoms with Gasteiger partial charge in [0, 0.05) is 6.20 Å². The van der Waals surface area contributed by atoms with E-state index < -0.39 is 23.1 Å². The second-order valence-electron chi connectivity index (χ2n) is 5.51. The van der Waals surface area contributed by atoms with E-state index in [-0.39, 0.29) is 6.54 Å². The average Bonchev–Trinajstić information content (AvgIpc) is 3.06. The Morgan fingerprint density at radius 1 is 1.32 bits per heavy atom. The molecule has 2 aromatic rings. The first-order valence-electron chi connectivity index (χ1n) is 7.10. The molecule has 0 atom stereocenters. The standard InChI is InChI=1S/C14H16N4O4/c19-11(15-14(12(20)21)6-2-3-7-14)9-18-13(22)17-8-4-1-5-10(17)16-18/h1,4-5,8H,2-3,6-7,9H2,(H,15,19)(H,20,21). The van der Waals surface area contributed by atoms with E-state index in [1.807, 2.05) is 0 Å². The highest BCUT2D eigenvalue weighted by Gasteiger charge is 2.42. The van der Waals surface area contributed by atoms with Gasteiger partial charge in [0.05, 0.1) is 0 Å². The van der Waals surface area contributed by atoms with Crippen LogP contribution in [0.1, 0.15) is 25.7 Å². The summed E-state index contributed by atoms with van der Waals surface area (Å²) in [6, 6.07) is 5.09. The predicted molar refractivity (Wildman–Crippen MR) is 76.4 cm³/mol. The first kappa shape index (κ1) is 14.3. The Labute approximate surface area is 125 Å². The van der Waals surface area contributed by atoms with Crippen LogP contribution in [0.25, 0.3) is 5.65 Å². The van der Waals surface area contributed by atoms with Gasteiger partial charge in [-0.05, 0) is 25.0 Å². The van der Waals surface area contributed by atoms with E-state index in [1.54, 1.807) is 24.4 Å². The first-order chi connectivity index (χ1) is 10.5. The van der Waals surface area contributed by atoms with Crippen molar-refractivity contribution < 1.29 is 14.7 Å². The third-order valence-corrected chi connectivity index (χ3v) is 4.03. The third-order valence-electron chi connectivity index (χ3n) is 4.03. The van der Waals surface area contributed by atoms with Gasteiger partial charge in [-0.3, -0.25) is 9.20 Å². The van der Waals surface area contributed by atoms with Gasteiger partial charge in [0.2, 0.25) is 5.91 Å². The summed E-state index contributed by atoms with van der Waals surface area (Å²) in [4.78, 5) is 35.6. The van der Waals surface area contributed by atoms with Crippen LogP contribution in [0.15, 0.2) is 29.2 Å². The molecule has 0 aliphatic heterocycles. The zero-order valence-corrected chi connectivity index (χ0v) is 11.9. The van der Waals surface area contributed by atoms with Gasteiger partial charge >= 0.3 is 11.7 Å². The normalized spacial score (nSPS) is 16.7. The number of nitrogens with zero attached hydrogens (tertiary/aromatic N) is 3. The van der Waals surface area contributed by atoms with Crippen molar-refractivity contribution in [2.45, 2.75) is 37.8 Å². The molecule has 116 valence electrons. The largest absolute Gasteiger partial charge is 0.480 e. The number of amides is 1. The fraction of sp³-hybridized carbons (Fsp3) is 0.429. The molecule has 1 fully saturated rings. The molecule has 2 heterocycles. The number of carboxylic acid groups (broad SMARTS) is 1. The second kappa shape index (κ2) is 5.28. The summed E-state index contributed by atoms with van der Waals surface area (Å²) in [5.41, 5.74) is -1.20. The smallest absolute Gasteiger partial charge is 0.350 e. The van der Waals surface area contributed by atoms with Gasteiger partial charge in [-0.15, -0.1) is 5.10 Å². The van der Waals surface area contributed by atoms with Crippen molar-refractivity contribution in [2.24, 2.45) is 0 Å². The average molecular weight is 304 g/mol. The van der Waals surface area contributed by atoms with Gasteiger partial charge in [0.15, 0.2) is 5.65 Å². The lowest BCUT2D eigenvalue weighted by Crippen LogP contribution is -2.53. The minimum Gasteiger partial charge on any atom is -0.480 e. The monoisotopic (exact) mass is 304 g/mol. The fourth-order valence-electron chi connectivity index (χ4n) is 2.88. The van der Waals surface area contributed by atoms with Crippen LogP contribution in [-0.2, 0) is 16.1 Å². The summed E-state index contributed by atoms with van der Waals surface area (Å²) in [6.45, 7) is -0.296. The lowest BCUT2D eigenvalue weighted by atomic mass is 9.98. The molecule has 8 nitrogen and oxygen atoms in total. The van der Waals surface area contributed by atoms with E-state index in [9.17, 15) is 19.5 Å². The molecule has 8 heteroatoms. The summed E-state index contributed by atoms with van der Waals surface area (Å²) >= 11 is 0. The molecule has 1 saturated carbocycles. The maximum atomic E-state index is 12.1. The van der Waals surface area contributed by atoms with Gasteiger partial charge in [0.25, 0.3) is 0 Å². The van der Waals surface area contributed by atoms with Crippen molar-refractivity contribution in [3.05, 3.63) is 34.9 Å². The molecule has 0 saturated heterocycles. The highest BCUT2D eigenvalue weighted by atomic mass is 16.4. The van der Waals surface area contributed by atoms with Crippen molar-refractivity contribution in [3.63, 3.8) is 0 Å². The number of aromatic nitrogens is 3. The molecule has 3 rings (SSSR count). The van der Waals surface area contributed by atoms with E-state index in [0.29, 0.717) is 18.5 Å². The number of nitrogens with one attached hydrogen (secondary N) is 1. The minimum atomic E-state index is -1.21. The van der Waals surface area contributed by atoms with Crippen molar-refractivity contribution in [3.8, 4) is 0 Å². The van der Waals surface area contributed by atoms with Crippen molar-refractivity contribution in [2.75, 3.05) is 0 Å². The van der Waals surface area contributed by atoms with E-state index >= 15 is 0 Å². The zero-order chi connectivity index (χ0) is 15.7. The summed E-state index contributed by atoms with van der Waals surface area (Å²) in [5.74, 6) is -1.55. The molecule has 1 aliphatic rings. The Morgan fingerprint density at radius 2 is 2.05 bits per heavy atom. The number of carboxylic acids is 1.